The zero-order valence-corrected chi connectivity index (χ0v) is 11.5. The molecule has 0 spiro atoms. The van der Waals surface area contributed by atoms with Crippen LogP contribution < -0.4 is 11.1 Å². The number of nitrogens with zero attached hydrogens (tertiary/aromatic N) is 1. The van der Waals surface area contributed by atoms with Crippen LogP contribution in [0.4, 0.5) is 5.69 Å². The van der Waals surface area contributed by atoms with E-state index in [1.165, 1.54) is 19.3 Å². The second-order valence-electron chi connectivity index (χ2n) is 5.32. The first kappa shape index (κ1) is 14.4. The Kier molecular flexibility index (Phi) is 4.98. The van der Waals surface area contributed by atoms with Crippen molar-refractivity contribution in [2.24, 2.45) is 16.8 Å². The van der Waals surface area contributed by atoms with Crippen molar-refractivity contribution in [3.63, 3.8) is 0 Å². The number of nitrogens with two attached hydrogens (primary N) is 1. The van der Waals surface area contributed by atoms with Gasteiger partial charge in [0.25, 0.3) is 0 Å². The van der Waals surface area contributed by atoms with Crippen molar-refractivity contribution in [1.29, 1.82) is 0 Å². The second-order valence-corrected chi connectivity index (χ2v) is 5.32. The van der Waals surface area contributed by atoms with Gasteiger partial charge in [0.05, 0.1) is 0 Å². The average Bonchev–Trinajstić information content (AvgIpc) is 2.48. The molecule has 5 heteroatoms. The van der Waals surface area contributed by atoms with Crippen LogP contribution in [0.1, 0.15) is 44.1 Å². The van der Waals surface area contributed by atoms with E-state index in [0.29, 0.717) is 17.9 Å². The Morgan fingerprint density at radius 3 is 2.50 bits per heavy atom. The molecule has 0 radical (unpaired) electrons. The smallest absolute Gasteiger partial charge is 0.224 e. The molecule has 0 saturated heterocycles. The molecule has 1 aromatic carbocycles. The molecule has 0 atom stereocenters. The number of rotatable bonds is 4. The minimum Gasteiger partial charge on any atom is -0.409 e. The normalized spacial score (nSPS) is 16.9. The molecule has 1 amide bonds. The summed E-state index contributed by atoms with van der Waals surface area (Å²) in [5, 5.41) is 14.4. The van der Waals surface area contributed by atoms with Crippen LogP contribution in [0.3, 0.4) is 0 Å². The van der Waals surface area contributed by atoms with Crippen LogP contribution in [0.5, 0.6) is 0 Å². The summed E-state index contributed by atoms with van der Waals surface area (Å²) in [5.41, 5.74) is 6.84. The zero-order valence-electron chi connectivity index (χ0n) is 11.5. The van der Waals surface area contributed by atoms with Crippen LogP contribution in [0.2, 0.25) is 0 Å². The summed E-state index contributed by atoms with van der Waals surface area (Å²) in [7, 11) is 0. The van der Waals surface area contributed by atoms with Crippen molar-refractivity contribution in [3.05, 3.63) is 29.8 Å². The van der Waals surface area contributed by atoms with E-state index in [4.69, 9.17) is 10.9 Å². The van der Waals surface area contributed by atoms with Gasteiger partial charge < -0.3 is 16.3 Å². The molecule has 20 heavy (non-hydrogen) atoms. The van der Waals surface area contributed by atoms with Crippen molar-refractivity contribution in [2.45, 2.75) is 38.5 Å². The number of amidine groups is 1. The Morgan fingerprint density at radius 1 is 1.25 bits per heavy atom. The molecule has 0 heterocycles. The number of hydrogen-bond acceptors (Lipinski definition) is 3. The highest BCUT2D eigenvalue weighted by Crippen LogP contribution is 2.26. The maximum atomic E-state index is 12.0. The fraction of sp³-hybridized carbons (Fsp3) is 0.467. The Morgan fingerprint density at radius 2 is 1.90 bits per heavy atom. The molecular weight excluding hydrogens is 254 g/mol. The van der Waals surface area contributed by atoms with Gasteiger partial charge in [-0.25, -0.2) is 0 Å². The number of nitrogens with one attached hydrogen (secondary N) is 1. The number of anilines is 1. The van der Waals surface area contributed by atoms with E-state index < -0.39 is 0 Å². The fourth-order valence-corrected chi connectivity index (χ4v) is 2.65. The van der Waals surface area contributed by atoms with E-state index in [9.17, 15) is 4.79 Å². The molecule has 1 aliphatic rings. The van der Waals surface area contributed by atoms with Gasteiger partial charge in [0, 0.05) is 17.7 Å². The average molecular weight is 275 g/mol. The third-order valence-electron chi connectivity index (χ3n) is 3.77. The molecule has 0 bridgehead atoms. The largest absolute Gasteiger partial charge is 0.409 e. The van der Waals surface area contributed by atoms with E-state index in [2.05, 4.69) is 10.5 Å². The van der Waals surface area contributed by atoms with Crippen LogP contribution in [0, 0.1) is 5.92 Å². The van der Waals surface area contributed by atoms with E-state index >= 15 is 0 Å². The Labute approximate surface area is 118 Å². The summed E-state index contributed by atoms with van der Waals surface area (Å²) in [4.78, 5) is 12.0. The maximum Gasteiger partial charge on any atom is 0.224 e. The number of carbonyl (C=O) groups excluding carboxylic acids is 1. The first-order valence-corrected chi connectivity index (χ1v) is 7.07. The summed E-state index contributed by atoms with van der Waals surface area (Å²) in [5.74, 6) is 0.652. The lowest BCUT2D eigenvalue weighted by atomic mass is 9.87. The van der Waals surface area contributed by atoms with Gasteiger partial charge in [-0.1, -0.05) is 24.4 Å². The highest BCUT2D eigenvalue weighted by molar-refractivity contribution is 5.98. The second kappa shape index (κ2) is 6.93. The highest BCUT2D eigenvalue weighted by Gasteiger charge is 2.17. The Hall–Kier alpha value is -2.04. The molecule has 5 nitrogen and oxygen atoms in total. The topological polar surface area (TPSA) is 87.7 Å². The monoisotopic (exact) mass is 275 g/mol. The molecule has 2 rings (SSSR count). The van der Waals surface area contributed by atoms with Crippen molar-refractivity contribution >= 4 is 17.4 Å². The van der Waals surface area contributed by atoms with Crippen LogP contribution >= 0.6 is 0 Å². The predicted octanol–water partition coefficient (Wildman–Crippen LogP) is 2.69. The van der Waals surface area contributed by atoms with Crippen molar-refractivity contribution in [2.75, 3.05) is 5.32 Å². The first-order chi connectivity index (χ1) is 9.69. The quantitative estimate of drug-likeness (QED) is 0.341. The van der Waals surface area contributed by atoms with Crippen LogP contribution in [-0.4, -0.2) is 17.0 Å². The Balaban J connectivity index is 1.87. The number of oxime groups is 1. The highest BCUT2D eigenvalue weighted by atomic mass is 16.4. The van der Waals surface area contributed by atoms with Gasteiger partial charge in [-0.3, -0.25) is 4.79 Å². The minimum atomic E-state index is 0.0603. The van der Waals surface area contributed by atoms with Crippen molar-refractivity contribution in [1.82, 2.24) is 0 Å². The third kappa shape index (κ3) is 3.98. The fourth-order valence-electron chi connectivity index (χ4n) is 2.65. The van der Waals surface area contributed by atoms with Gasteiger partial charge in [0.1, 0.15) is 0 Å². The molecule has 0 aromatic heterocycles. The first-order valence-electron chi connectivity index (χ1n) is 7.07. The molecular formula is C15H21N3O2. The van der Waals surface area contributed by atoms with Gasteiger partial charge >= 0.3 is 0 Å². The van der Waals surface area contributed by atoms with E-state index in [1.54, 1.807) is 24.3 Å². The molecule has 4 N–H and O–H groups in total. The minimum absolute atomic E-state index is 0.0603. The molecule has 1 saturated carbocycles. The van der Waals surface area contributed by atoms with Gasteiger partial charge in [-0.2, -0.15) is 0 Å². The number of carbonyl (C=O) groups is 1. The summed E-state index contributed by atoms with van der Waals surface area (Å²) in [6, 6.07) is 6.94. The third-order valence-corrected chi connectivity index (χ3v) is 3.77. The van der Waals surface area contributed by atoms with Crippen LogP contribution in [0.25, 0.3) is 0 Å². The number of benzene rings is 1. The molecule has 1 aliphatic carbocycles. The summed E-state index contributed by atoms with van der Waals surface area (Å²) in [6.45, 7) is 0. The number of amides is 1. The molecule has 1 aromatic rings. The molecule has 0 unspecified atom stereocenters. The summed E-state index contributed by atoms with van der Waals surface area (Å²) < 4.78 is 0. The molecule has 1 fully saturated rings. The number of hydrogen-bond donors (Lipinski definition) is 3. The zero-order chi connectivity index (χ0) is 14.4. The van der Waals surface area contributed by atoms with Crippen molar-refractivity contribution < 1.29 is 10.0 Å². The van der Waals surface area contributed by atoms with Gasteiger partial charge in [-0.15, -0.1) is 0 Å². The Bertz CT molecular complexity index is 476. The summed E-state index contributed by atoms with van der Waals surface area (Å²) in [6.07, 6.45) is 6.71. The lowest BCUT2D eigenvalue weighted by molar-refractivity contribution is -0.117. The van der Waals surface area contributed by atoms with E-state index in [-0.39, 0.29) is 11.7 Å². The van der Waals surface area contributed by atoms with Gasteiger partial charge in [0.2, 0.25) is 5.91 Å². The van der Waals surface area contributed by atoms with Crippen LogP contribution in [0.15, 0.2) is 29.4 Å². The van der Waals surface area contributed by atoms with Gasteiger partial charge in [-0.05, 0) is 43.0 Å². The molecule has 108 valence electrons. The maximum absolute atomic E-state index is 12.0. The molecule has 0 aliphatic heterocycles. The summed E-state index contributed by atoms with van der Waals surface area (Å²) >= 11 is 0. The predicted molar refractivity (Wildman–Crippen MR) is 78.8 cm³/mol. The lowest BCUT2D eigenvalue weighted by Gasteiger charge is -2.20. The SMILES string of the molecule is N/C(=N/O)c1ccc(NC(=O)CC2CCCCC2)cc1. The van der Waals surface area contributed by atoms with Gasteiger partial charge in [0.15, 0.2) is 5.84 Å². The van der Waals surface area contributed by atoms with Crippen molar-refractivity contribution in [3.8, 4) is 0 Å². The van der Waals surface area contributed by atoms with E-state index in [1.807, 2.05) is 0 Å². The van der Waals surface area contributed by atoms with Crippen LogP contribution in [-0.2, 0) is 4.79 Å². The standard InChI is InChI=1S/C15H21N3O2/c16-15(18-20)12-6-8-13(9-7-12)17-14(19)10-11-4-2-1-3-5-11/h6-9,11,20H,1-5,10H2,(H2,16,18)(H,17,19). The van der Waals surface area contributed by atoms with E-state index in [0.717, 1.165) is 18.5 Å². The lowest BCUT2D eigenvalue weighted by Crippen LogP contribution is -2.18.